The fourth-order valence-corrected chi connectivity index (χ4v) is 18.1. The number of para-hydroxylation sites is 6. The van der Waals surface area contributed by atoms with Crippen molar-refractivity contribution in [1.82, 2.24) is 38.2 Å². The molecule has 0 saturated carbocycles. The van der Waals surface area contributed by atoms with Crippen LogP contribution in [0.25, 0.3) is 196 Å². The van der Waals surface area contributed by atoms with Gasteiger partial charge >= 0.3 is 0 Å². The normalized spacial score (nSPS) is 11.9. The van der Waals surface area contributed by atoms with Gasteiger partial charge in [-0.05, 0) is 115 Å². The zero-order valence-corrected chi connectivity index (χ0v) is 56.4. The maximum atomic E-state index is 5.47. The predicted octanol–water partition coefficient (Wildman–Crippen LogP) is 24.7. The lowest BCUT2D eigenvalue weighted by Crippen LogP contribution is -2.06. The molecule has 0 aliphatic rings. The fourth-order valence-electron chi connectivity index (χ4n) is 15.8. The van der Waals surface area contributed by atoms with Crippen LogP contribution in [-0.4, -0.2) is 38.2 Å². The SMILES string of the molecule is c1ccc(-c2cc(-c3ccccc3)nc(-c3ccc4c(c3)c3ccccc3n4-c3cccc4sc5ccccc5c34)n2)cc1.c1ccc2c(c1)sc1cccc(-n3c4ccccc4c4cc(-c5nc(-n6c7ccccc7c7ccccc76)cc(-n6c7ccccc7c7ccccc76)n5)ccc43)c12. The van der Waals surface area contributed by atoms with Crippen LogP contribution in [0.4, 0.5) is 0 Å². The molecule has 14 aromatic carbocycles. The van der Waals surface area contributed by atoms with Crippen molar-refractivity contribution in [2.45, 2.75) is 0 Å². The molecule has 0 N–H and O–H groups in total. The third-order valence-electron chi connectivity index (χ3n) is 20.3. The van der Waals surface area contributed by atoms with Crippen molar-refractivity contribution >= 4 is 150 Å². The van der Waals surface area contributed by atoms with Crippen molar-refractivity contribution in [3.8, 4) is 68.3 Å². The zero-order valence-electron chi connectivity index (χ0n) is 54.7. The summed E-state index contributed by atoms with van der Waals surface area (Å²) >= 11 is 3.70. The standard InChI is InChI=1S/C52H31N5S.C40H25N3S/c1-8-21-41-33(14-1)34-15-2-9-22-42(34)56(41)49-31-50(57-43-23-10-3-16-35(43)36-17-4-11-24-44(36)57)54-52(53-49)32-28-29-45-39(30-32)37-18-5-7-20-40(37)55(45)46-25-13-27-48-51(46)38-19-6-12-26-47(38)58-48;1-3-12-26(13-4-1)32-25-33(27-14-5-2-6-15-27)42-40(41-32)28-22-23-35-31(24-28)29-16-7-9-18-34(29)43(35)36-19-11-21-38-39(36)30-17-8-10-20-37(30)44-38/h1-31H;1-25H. The first-order valence-corrected chi connectivity index (χ1v) is 36.0. The third kappa shape index (κ3) is 9.13. The van der Waals surface area contributed by atoms with Crippen molar-refractivity contribution in [3.63, 3.8) is 0 Å². The number of thiophene rings is 2. The van der Waals surface area contributed by atoms with Crippen LogP contribution in [0, 0.1) is 0 Å². The molecule has 0 fully saturated rings. The van der Waals surface area contributed by atoms with Crippen LogP contribution in [-0.2, 0) is 0 Å². The Morgan fingerprint density at radius 1 is 0.196 bits per heavy atom. The van der Waals surface area contributed by atoms with E-state index in [1.807, 2.05) is 34.8 Å². The average Bonchev–Trinajstić information content (AvgIpc) is 1.59. The maximum Gasteiger partial charge on any atom is 0.163 e. The van der Waals surface area contributed by atoms with E-state index in [9.17, 15) is 0 Å². The van der Waals surface area contributed by atoms with Gasteiger partial charge in [0.05, 0.1) is 66.9 Å². The summed E-state index contributed by atoms with van der Waals surface area (Å²) in [5.74, 6) is 3.02. The second-order valence-electron chi connectivity index (χ2n) is 26.0. The van der Waals surface area contributed by atoms with Gasteiger partial charge in [-0.3, -0.25) is 9.13 Å². The van der Waals surface area contributed by atoms with Crippen LogP contribution < -0.4 is 0 Å². The lowest BCUT2D eigenvalue weighted by atomic mass is 10.1. The Kier molecular flexibility index (Phi) is 13.2. The Morgan fingerprint density at radius 2 is 0.500 bits per heavy atom. The molecule has 476 valence electrons. The predicted molar refractivity (Wildman–Crippen MR) is 429 cm³/mol. The van der Waals surface area contributed by atoms with E-state index in [-0.39, 0.29) is 0 Å². The Labute approximate surface area is 592 Å². The van der Waals surface area contributed by atoms with Gasteiger partial charge in [0.1, 0.15) is 11.6 Å². The highest BCUT2D eigenvalue weighted by molar-refractivity contribution is 7.26. The molecule has 22 aromatic rings. The van der Waals surface area contributed by atoms with E-state index in [0.717, 1.165) is 84.1 Å². The smallest absolute Gasteiger partial charge is 0.163 e. The van der Waals surface area contributed by atoms with Crippen LogP contribution in [0.3, 0.4) is 0 Å². The Balaban J connectivity index is 0.000000138. The highest BCUT2D eigenvalue weighted by Crippen LogP contribution is 2.45. The molecule has 102 heavy (non-hydrogen) atoms. The number of fused-ring (bicyclic) bond motifs is 18. The molecule has 0 spiro atoms. The monoisotopic (exact) mass is 1340 g/mol. The van der Waals surface area contributed by atoms with Gasteiger partial charge in [0, 0.05) is 112 Å². The van der Waals surface area contributed by atoms with E-state index in [2.05, 4.69) is 346 Å². The van der Waals surface area contributed by atoms with Gasteiger partial charge in [0.15, 0.2) is 11.6 Å². The Bertz CT molecular complexity index is 6860. The summed E-state index contributed by atoms with van der Waals surface area (Å²) in [5, 5.41) is 14.7. The van der Waals surface area contributed by atoms with Crippen LogP contribution in [0.5, 0.6) is 0 Å². The molecular weight excluding hydrogens is 1280 g/mol. The van der Waals surface area contributed by atoms with Gasteiger partial charge in [-0.25, -0.2) is 19.9 Å². The topological polar surface area (TPSA) is 71.3 Å². The van der Waals surface area contributed by atoms with Crippen molar-refractivity contribution in [1.29, 1.82) is 0 Å². The van der Waals surface area contributed by atoms with Gasteiger partial charge in [0.25, 0.3) is 0 Å². The van der Waals surface area contributed by atoms with E-state index >= 15 is 0 Å². The number of nitrogens with zero attached hydrogens (tertiary/aromatic N) is 8. The first-order chi connectivity index (χ1) is 50.6. The molecule has 0 radical (unpaired) electrons. The lowest BCUT2D eigenvalue weighted by molar-refractivity contribution is 0.994. The first-order valence-electron chi connectivity index (χ1n) is 34.3. The molecule has 8 aromatic heterocycles. The molecule has 0 bridgehead atoms. The average molecular weight is 1340 g/mol. The van der Waals surface area contributed by atoms with E-state index < -0.39 is 0 Å². The number of hydrogen-bond donors (Lipinski definition) is 0. The molecule has 0 saturated heterocycles. The quantitative estimate of drug-likeness (QED) is 0.152. The minimum atomic E-state index is 0.667. The van der Waals surface area contributed by atoms with Gasteiger partial charge in [-0.15, -0.1) is 22.7 Å². The second kappa shape index (κ2) is 23.3. The summed E-state index contributed by atoms with van der Waals surface area (Å²) in [6, 6.07) is 121. The Hall–Kier alpha value is -13.1. The summed E-state index contributed by atoms with van der Waals surface area (Å²) in [6.45, 7) is 0. The number of benzene rings is 14. The summed E-state index contributed by atoms with van der Waals surface area (Å²) in [7, 11) is 0. The lowest BCUT2D eigenvalue weighted by Gasteiger charge is -2.14. The molecule has 8 heterocycles. The minimum absolute atomic E-state index is 0.667. The van der Waals surface area contributed by atoms with Gasteiger partial charge < -0.3 is 9.13 Å². The van der Waals surface area contributed by atoms with E-state index in [1.54, 1.807) is 0 Å². The summed E-state index contributed by atoms with van der Waals surface area (Å²) in [5.41, 5.74) is 17.4. The zero-order chi connectivity index (χ0) is 66.9. The van der Waals surface area contributed by atoms with Crippen LogP contribution >= 0.6 is 22.7 Å². The van der Waals surface area contributed by atoms with Crippen LogP contribution in [0.2, 0.25) is 0 Å². The molecule has 8 nitrogen and oxygen atoms in total. The highest BCUT2D eigenvalue weighted by atomic mass is 32.1. The molecule has 22 rings (SSSR count). The largest absolute Gasteiger partial charge is 0.309 e. The number of aromatic nitrogens is 8. The molecule has 0 amide bonds. The summed E-state index contributed by atoms with van der Waals surface area (Å²) in [4.78, 5) is 21.1. The number of rotatable bonds is 8. The highest BCUT2D eigenvalue weighted by Gasteiger charge is 2.24. The Morgan fingerprint density at radius 3 is 0.892 bits per heavy atom. The van der Waals surface area contributed by atoms with Gasteiger partial charge in [0.2, 0.25) is 0 Å². The van der Waals surface area contributed by atoms with Crippen molar-refractivity contribution in [2.75, 3.05) is 0 Å². The summed E-state index contributed by atoms with van der Waals surface area (Å²) in [6.07, 6.45) is 0. The molecule has 0 atom stereocenters. The molecular formula is C92H56N8S2. The molecule has 0 aliphatic heterocycles. The van der Waals surface area contributed by atoms with Crippen molar-refractivity contribution < 1.29 is 0 Å². The minimum Gasteiger partial charge on any atom is -0.309 e. The number of hydrogen-bond acceptors (Lipinski definition) is 6. The van der Waals surface area contributed by atoms with E-state index in [0.29, 0.717) is 5.82 Å². The van der Waals surface area contributed by atoms with E-state index in [4.69, 9.17) is 19.9 Å². The van der Waals surface area contributed by atoms with Gasteiger partial charge in [-0.1, -0.05) is 218 Å². The first kappa shape index (κ1) is 57.9. The third-order valence-corrected chi connectivity index (χ3v) is 22.6. The molecule has 10 heteroatoms. The van der Waals surface area contributed by atoms with Crippen molar-refractivity contribution in [3.05, 3.63) is 340 Å². The van der Waals surface area contributed by atoms with Crippen LogP contribution in [0.1, 0.15) is 0 Å². The van der Waals surface area contributed by atoms with Gasteiger partial charge in [-0.2, -0.15) is 0 Å². The van der Waals surface area contributed by atoms with Crippen molar-refractivity contribution in [2.24, 2.45) is 0 Å². The van der Waals surface area contributed by atoms with Crippen LogP contribution in [0.15, 0.2) is 340 Å². The summed E-state index contributed by atoms with van der Waals surface area (Å²) < 4.78 is 14.6. The van der Waals surface area contributed by atoms with E-state index in [1.165, 1.54) is 106 Å². The fraction of sp³-hybridized carbons (Fsp3) is 0. The maximum absolute atomic E-state index is 5.47. The second-order valence-corrected chi connectivity index (χ2v) is 28.2. The molecule has 0 aliphatic carbocycles. The molecule has 0 unspecified atom stereocenters.